The van der Waals surface area contributed by atoms with E-state index in [1.54, 1.807) is 0 Å². The maximum atomic E-state index is 10.4. The lowest BCUT2D eigenvalue weighted by atomic mass is 10.1. The fourth-order valence-corrected chi connectivity index (χ4v) is 0.540. The second-order valence-electron chi connectivity index (χ2n) is 2.04. The smallest absolute Gasteiger partial charge is 0.244 e. The Morgan fingerprint density at radius 1 is 1.64 bits per heavy atom. The lowest BCUT2D eigenvalue weighted by Gasteiger charge is -1.96. The number of carbonyl (C=O) groups excluding carboxylic acids is 2. The monoisotopic (exact) mass is 154 g/mol. The molecule has 0 saturated heterocycles. The molecule has 0 unspecified atom stereocenters. The molecule has 11 heavy (non-hydrogen) atoms. The van der Waals surface area contributed by atoms with Crippen molar-refractivity contribution < 1.29 is 9.59 Å². The normalized spacial score (nSPS) is 8.36. The zero-order chi connectivity index (χ0) is 8.69. The number of nitrogens with two attached hydrogens (primary N) is 1. The van der Waals surface area contributed by atoms with Crippen molar-refractivity contribution in [2.45, 2.75) is 12.8 Å². The first-order chi connectivity index (χ1) is 5.18. The van der Waals surface area contributed by atoms with E-state index in [1.807, 2.05) is 0 Å². The van der Waals surface area contributed by atoms with E-state index in [9.17, 15) is 9.59 Å². The number of primary amides is 1. The molecule has 0 spiro atoms. The minimum atomic E-state index is -0.500. The van der Waals surface area contributed by atoms with Gasteiger partial charge in [0.2, 0.25) is 12.0 Å². The van der Waals surface area contributed by atoms with Gasteiger partial charge in [-0.25, -0.2) is 9.79 Å². The van der Waals surface area contributed by atoms with Gasteiger partial charge in [0, 0.05) is 5.57 Å². The topological polar surface area (TPSA) is 72.5 Å². The summed E-state index contributed by atoms with van der Waals surface area (Å²) in [5.74, 6) is -0.500. The molecule has 0 aromatic heterocycles. The van der Waals surface area contributed by atoms with Gasteiger partial charge in [-0.05, 0) is 12.8 Å². The van der Waals surface area contributed by atoms with Crippen LogP contribution in [0.3, 0.4) is 0 Å². The highest BCUT2D eigenvalue weighted by Gasteiger charge is 1.99. The third-order valence-electron chi connectivity index (χ3n) is 1.16. The van der Waals surface area contributed by atoms with Gasteiger partial charge >= 0.3 is 0 Å². The summed E-state index contributed by atoms with van der Waals surface area (Å²) in [6.45, 7) is 3.81. The van der Waals surface area contributed by atoms with Crippen LogP contribution < -0.4 is 5.73 Å². The van der Waals surface area contributed by atoms with Gasteiger partial charge in [0.15, 0.2) is 0 Å². The van der Waals surface area contributed by atoms with Gasteiger partial charge in [0.05, 0.1) is 6.54 Å². The van der Waals surface area contributed by atoms with Gasteiger partial charge < -0.3 is 5.73 Å². The Hall–Kier alpha value is -1.41. The highest BCUT2D eigenvalue weighted by Crippen LogP contribution is 2.00. The predicted octanol–water partition coefficient (Wildman–Crippen LogP) is 0.144. The molecule has 0 aromatic rings. The molecule has 1 amide bonds. The quantitative estimate of drug-likeness (QED) is 0.265. The summed E-state index contributed by atoms with van der Waals surface area (Å²) in [7, 11) is 0. The van der Waals surface area contributed by atoms with Crippen LogP contribution in [0.15, 0.2) is 17.1 Å². The Morgan fingerprint density at radius 2 is 2.27 bits per heavy atom. The first kappa shape index (κ1) is 9.59. The van der Waals surface area contributed by atoms with Crippen LogP contribution in [-0.2, 0) is 9.59 Å². The fourth-order valence-electron chi connectivity index (χ4n) is 0.540. The maximum absolute atomic E-state index is 10.4. The van der Waals surface area contributed by atoms with Crippen molar-refractivity contribution in [3.8, 4) is 0 Å². The van der Waals surface area contributed by atoms with Crippen molar-refractivity contribution in [2.75, 3.05) is 6.54 Å². The molecular formula is C7H10N2O2. The first-order valence-corrected chi connectivity index (χ1v) is 3.19. The highest BCUT2D eigenvalue weighted by atomic mass is 16.1. The molecule has 60 valence electrons. The third-order valence-corrected chi connectivity index (χ3v) is 1.16. The number of hydrogen-bond donors (Lipinski definition) is 1. The number of amides is 1. The van der Waals surface area contributed by atoms with E-state index >= 15 is 0 Å². The Morgan fingerprint density at radius 3 is 2.73 bits per heavy atom. The molecule has 0 aliphatic heterocycles. The molecular weight excluding hydrogens is 144 g/mol. The number of nitrogens with zero attached hydrogens (tertiary/aromatic N) is 1. The van der Waals surface area contributed by atoms with Crippen LogP contribution >= 0.6 is 0 Å². The zero-order valence-corrected chi connectivity index (χ0v) is 6.17. The van der Waals surface area contributed by atoms with E-state index in [1.165, 1.54) is 6.08 Å². The van der Waals surface area contributed by atoms with Crippen molar-refractivity contribution in [2.24, 2.45) is 10.7 Å². The summed E-state index contributed by atoms with van der Waals surface area (Å²) in [6, 6.07) is 0. The summed E-state index contributed by atoms with van der Waals surface area (Å²) in [6.07, 6.45) is 2.49. The van der Waals surface area contributed by atoms with Crippen LogP contribution in [0.25, 0.3) is 0 Å². The fraction of sp³-hybridized carbons (Fsp3) is 0.429. The summed E-state index contributed by atoms with van der Waals surface area (Å²) in [5.41, 5.74) is 5.27. The minimum Gasteiger partial charge on any atom is -0.366 e. The Kier molecular flexibility index (Phi) is 4.69. The molecule has 0 rings (SSSR count). The Bertz CT molecular complexity index is 204. The molecule has 0 saturated carbocycles. The van der Waals surface area contributed by atoms with Gasteiger partial charge in [0.25, 0.3) is 0 Å². The molecule has 0 radical (unpaired) electrons. The van der Waals surface area contributed by atoms with Gasteiger partial charge in [-0.3, -0.25) is 4.79 Å². The van der Waals surface area contributed by atoms with Crippen LogP contribution in [0.4, 0.5) is 0 Å². The van der Waals surface area contributed by atoms with E-state index in [0.717, 1.165) is 0 Å². The summed E-state index contributed by atoms with van der Waals surface area (Å²) < 4.78 is 0. The zero-order valence-electron chi connectivity index (χ0n) is 6.17. The SMILES string of the molecule is C=C(CCCN=C=O)C(N)=O. The van der Waals surface area contributed by atoms with Gasteiger partial charge in [-0.15, -0.1) is 0 Å². The van der Waals surface area contributed by atoms with Gasteiger partial charge in [-0.2, -0.15) is 0 Å². The van der Waals surface area contributed by atoms with Crippen LogP contribution in [-0.4, -0.2) is 18.5 Å². The largest absolute Gasteiger partial charge is 0.366 e. The molecule has 4 nitrogen and oxygen atoms in total. The molecule has 0 heterocycles. The molecule has 2 N–H and O–H groups in total. The molecule has 0 fully saturated rings. The van der Waals surface area contributed by atoms with Crippen LogP contribution in [0.5, 0.6) is 0 Å². The van der Waals surface area contributed by atoms with E-state index in [0.29, 0.717) is 25.0 Å². The predicted molar refractivity (Wildman–Crippen MR) is 40.6 cm³/mol. The lowest BCUT2D eigenvalue weighted by molar-refractivity contribution is -0.114. The van der Waals surface area contributed by atoms with Gasteiger partial charge in [0.1, 0.15) is 0 Å². The second-order valence-corrected chi connectivity index (χ2v) is 2.04. The highest BCUT2D eigenvalue weighted by molar-refractivity contribution is 5.91. The van der Waals surface area contributed by atoms with E-state index in [-0.39, 0.29) is 0 Å². The van der Waals surface area contributed by atoms with Crippen LogP contribution in [0.2, 0.25) is 0 Å². The van der Waals surface area contributed by atoms with Gasteiger partial charge in [-0.1, -0.05) is 6.58 Å². The number of carbonyl (C=O) groups is 1. The number of rotatable bonds is 5. The number of aliphatic imine (C=N–C) groups is 1. The number of hydrogen-bond acceptors (Lipinski definition) is 3. The van der Waals surface area contributed by atoms with Crippen LogP contribution in [0, 0.1) is 0 Å². The van der Waals surface area contributed by atoms with Crippen molar-refractivity contribution >= 4 is 12.0 Å². The Balaban J connectivity index is 3.47. The maximum Gasteiger partial charge on any atom is 0.244 e. The number of isocyanates is 1. The summed E-state index contributed by atoms with van der Waals surface area (Å²) in [5, 5.41) is 0. The standard InChI is InChI=1S/C7H10N2O2/c1-6(7(8)11)3-2-4-9-5-10/h1-4H2,(H2,8,11). The Labute approximate surface area is 64.8 Å². The summed E-state index contributed by atoms with van der Waals surface area (Å²) in [4.78, 5) is 23.3. The van der Waals surface area contributed by atoms with E-state index in [4.69, 9.17) is 5.73 Å². The van der Waals surface area contributed by atoms with Crippen molar-refractivity contribution in [3.63, 3.8) is 0 Å². The lowest BCUT2D eigenvalue weighted by Crippen LogP contribution is -2.12. The average molecular weight is 154 g/mol. The van der Waals surface area contributed by atoms with Crippen molar-refractivity contribution in [3.05, 3.63) is 12.2 Å². The molecule has 0 atom stereocenters. The van der Waals surface area contributed by atoms with E-state index in [2.05, 4.69) is 11.6 Å². The second kappa shape index (κ2) is 5.38. The first-order valence-electron chi connectivity index (χ1n) is 3.19. The minimum absolute atomic E-state index is 0.367. The molecule has 0 bridgehead atoms. The van der Waals surface area contributed by atoms with Crippen LogP contribution in [0.1, 0.15) is 12.8 Å². The van der Waals surface area contributed by atoms with Crippen molar-refractivity contribution in [1.82, 2.24) is 0 Å². The van der Waals surface area contributed by atoms with Crippen molar-refractivity contribution in [1.29, 1.82) is 0 Å². The van der Waals surface area contributed by atoms with E-state index < -0.39 is 5.91 Å². The average Bonchev–Trinajstić information content (AvgIpc) is 1.97. The molecule has 0 aliphatic rings. The molecule has 0 aromatic carbocycles. The molecule has 4 heteroatoms. The molecule has 0 aliphatic carbocycles. The summed E-state index contributed by atoms with van der Waals surface area (Å²) >= 11 is 0. The third kappa shape index (κ3) is 5.06.